The summed E-state index contributed by atoms with van der Waals surface area (Å²) >= 11 is 6.17. The lowest BCUT2D eigenvalue weighted by Gasteiger charge is -2.31. The van der Waals surface area contributed by atoms with Crippen molar-refractivity contribution in [1.29, 1.82) is 0 Å². The van der Waals surface area contributed by atoms with Crippen LogP contribution in [0.1, 0.15) is 45.1 Å². The molecule has 0 atom stereocenters. The summed E-state index contributed by atoms with van der Waals surface area (Å²) in [5.74, 6) is -0.255. The third-order valence-corrected chi connectivity index (χ3v) is 4.48. The number of hydrogen-bond donors (Lipinski definition) is 1. The van der Waals surface area contributed by atoms with Gasteiger partial charge in [0.1, 0.15) is 5.82 Å². The van der Waals surface area contributed by atoms with Crippen LogP contribution in [-0.4, -0.2) is 12.6 Å². The van der Waals surface area contributed by atoms with Crippen molar-refractivity contribution >= 4 is 11.6 Å². The van der Waals surface area contributed by atoms with Crippen LogP contribution in [0, 0.1) is 11.2 Å². The van der Waals surface area contributed by atoms with E-state index in [1.165, 1.54) is 37.8 Å². The maximum atomic E-state index is 13.1. The van der Waals surface area contributed by atoms with Crippen LogP contribution in [0.3, 0.4) is 0 Å². The molecule has 2 rings (SSSR count). The van der Waals surface area contributed by atoms with Crippen molar-refractivity contribution < 1.29 is 4.39 Å². The zero-order valence-corrected chi connectivity index (χ0v) is 12.6. The van der Waals surface area contributed by atoms with Gasteiger partial charge in [-0.25, -0.2) is 4.39 Å². The number of benzene rings is 1. The standard InChI is InChI=1S/C16H23ClFN/c1-12(2)19-11-16(7-3-4-8-16)10-13-5-6-14(18)9-15(13)17/h5-6,9,12,19H,3-4,7-8,10-11H2,1-2H3. The van der Waals surface area contributed by atoms with E-state index in [2.05, 4.69) is 19.2 Å². The van der Waals surface area contributed by atoms with Gasteiger partial charge in [0.05, 0.1) is 0 Å². The van der Waals surface area contributed by atoms with Crippen LogP contribution >= 0.6 is 11.6 Å². The van der Waals surface area contributed by atoms with Crippen molar-refractivity contribution in [2.45, 2.75) is 52.0 Å². The molecule has 0 saturated heterocycles. The first kappa shape index (κ1) is 14.8. The monoisotopic (exact) mass is 283 g/mol. The van der Waals surface area contributed by atoms with Gasteiger partial charge in [-0.3, -0.25) is 0 Å². The van der Waals surface area contributed by atoms with Crippen LogP contribution in [0.25, 0.3) is 0 Å². The second-order valence-corrected chi connectivity index (χ2v) is 6.56. The highest BCUT2D eigenvalue weighted by Crippen LogP contribution is 2.41. The largest absolute Gasteiger partial charge is 0.314 e. The summed E-state index contributed by atoms with van der Waals surface area (Å²) in [6.45, 7) is 5.37. The number of rotatable bonds is 5. The normalized spacial score (nSPS) is 18.2. The quantitative estimate of drug-likeness (QED) is 0.834. The van der Waals surface area contributed by atoms with E-state index in [1.54, 1.807) is 0 Å². The maximum Gasteiger partial charge on any atom is 0.124 e. The molecule has 3 heteroatoms. The molecule has 1 N–H and O–H groups in total. The van der Waals surface area contributed by atoms with Gasteiger partial charge in [-0.1, -0.05) is 44.4 Å². The maximum absolute atomic E-state index is 13.1. The average Bonchev–Trinajstić information content (AvgIpc) is 2.80. The molecule has 0 amide bonds. The molecule has 0 aromatic heterocycles. The Bertz CT molecular complexity index is 425. The van der Waals surface area contributed by atoms with Gasteiger partial charge in [0.15, 0.2) is 0 Å². The van der Waals surface area contributed by atoms with Crippen LogP contribution in [0.2, 0.25) is 5.02 Å². The molecular weight excluding hydrogens is 261 g/mol. The first-order valence-corrected chi connectivity index (χ1v) is 7.56. The van der Waals surface area contributed by atoms with Crippen molar-refractivity contribution in [2.75, 3.05) is 6.54 Å². The minimum atomic E-state index is -0.255. The van der Waals surface area contributed by atoms with Gasteiger partial charge in [0.25, 0.3) is 0 Å². The van der Waals surface area contributed by atoms with Gasteiger partial charge in [0.2, 0.25) is 0 Å². The van der Waals surface area contributed by atoms with Crippen molar-refractivity contribution in [3.05, 3.63) is 34.6 Å². The molecule has 1 aliphatic carbocycles. The molecule has 0 unspecified atom stereocenters. The van der Waals surface area contributed by atoms with Crippen molar-refractivity contribution in [3.8, 4) is 0 Å². The molecule has 19 heavy (non-hydrogen) atoms. The summed E-state index contributed by atoms with van der Waals surface area (Å²) in [7, 11) is 0. The zero-order chi connectivity index (χ0) is 13.9. The van der Waals surface area contributed by atoms with Crippen LogP contribution < -0.4 is 5.32 Å². The summed E-state index contributed by atoms with van der Waals surface area (Å²) in [6.07, 6.45) is 6.00. The third kappa shape index (κ3) is 3.93. The van der Waals surface area contributed by atoms with Gasteiger partial charge in [0, 0.05) is 17.6 Å². The van der Waals surface area contributed by atoms with E-state index >= 15 is 0 Å². The van der Waals surface area contributed by atoms with Crippen LogP contribution in [0.15, 0.2) is 18.2 Å². The summed E-state index contributed by atoms with van der Waals surface area (Å²) in [5.41, 5.74) is 1.38. The Balaban J connectivity index is 2.11. The lowest BCUT2D eigenvalue weighted by atomic mass is 9.79. The lowest BCUT2D eigenvalue weighted by Crippen LogP contribution is -2.37. The molecule has 1 saturated carbocycles. The highest BCUT2D eigenvalue weighted by Gasteiger charge is 2.34. The number of nitrogens with one attached hydrogen (secondary N) is 1. The smallest absolute Gasteiger partial charge is 0.124 e. The molecular formula is C16H23ClFN. The molecule has 1 aromatic rings. The van der Waals surface area contributed by atoms with E-state index < -0.39 is 0 Å². The van der Waals surface area contributed by atoms with Gasteiger partial charge < -0.3 is 5.32 Å². The molecule has 1 fully saturated rings. The molecule has 106 valence electrons. The predicted molar refractivity (Wildman–Crippen MR) is 79.2 cm³/mol. The molecule has 1 nitrogen and oxygen atoms in total. The van der Waals surface area contributed by atoms with Crippen molar-refractivity contribution in [3.63, 3.8) is 0 Å². The SMILES string of the molecule is CC(C)NCC1(Cc2ccc(F)cc2Cl)CCCC1. The molecule has 0 radical (unpaired) electrons. The van der Waals surface area contributed by atoms with E-state index in [4.69, 9.17) is 11.6 Å². The fourth-order valence-corrected chi connectivity index (χ4v) is 3.26. The van der Waals surface area contributed by atoms with E-state index in [1.807, 2.05) is 6.07 Å². The Hall–Kier alpha value is -0.600. The summed E-state index contributed by atoms with van der Waals surface area (Å²) in [5, 5.41) is 4.13. The topological polar surface area (TPSA) is 12.0 Å². The average molecular weight is 284 g/mol. The van der Waals surface area contributed by atoms with E-state index in [0.717, 1.165) is 18.5 Å². The van der Waals surface area contributed by atoms with E-state index in [9.17, 15) is 4.39 Å². The fourth-order valence-electron chi connectivity index (χ4n) is 3.03. The third-order valence-electron chi connectivity index (χ3n) is 4.13. The summed E-state index contributed by atoms with van der Waals surface area (Å²) < 4.78 is 13.1. The van der Waals surface area contributed by atoms with Gasteiger partial charge in [-0.05, 0) is 42.4 Å². The summed E-state index contributed by atoms with van der Waals surface area (Å²) in [4.78, 5) is 0. The van der Waals surface area contributed by atoms with E-state index in [0.29, 0.717) is 16.5 Å². The molecule has 1 aliphatic rings. The Morgan fingerprint density at radius 2 is 2.00 bits per heavy atom. The van der Waals surface area contributed by atoms with Crippen molar-refractivity contribution in [2.24, 2.45) is 5.41 Å². The predicted octanol–water partition coefficient (Wildman–Crippen LogP) is 4.58. The molecule has 1 aromatic carbocycles. The van der Waals surface area contributed by atoms with Crippen LogP contribution in [0.5, 0.6) is 0 Å². The number of hydrogen-bond acceptors (Lipinski definition) is 1. The Morgan fingerprint density at radius 3 is 2.58 bits per heavy atom. The van der Waals surface area contributed by atoms with E-state index in [-0.39, 0.29) is 5.82 Å². The Labute approximate surface area is 120 Å². The van der Waals surface area contributed by atoms with Gasteiger partial charge in [-0.2, -0.15) is 0 Å². The molecule has 0 spiro atoms. The first-order valence-electron chi connectivity index (χ1n) is 7.18. The number of halogens is 2. The fraction of sp³-hybridized carbons (Fsp3) is 0.625. The zero-order valence-electron chi connectivity index (χ0n) is 11.8. The molecule has 0 bridgehead atoms. The minimum absolute atomic E-state index is 0.255. The van der Waals surface area contributed by atoms with Gasteiger partial charge >= 0.3 is 0 Å². The first-order chi connectivity index (χ1) is 9.01. The van der Waals surface area contributed by atoms with Gasteiger partial charge in [-0.15, -0.1) is 0 Å². The summed E-state index contributed by atoms with van der Waals surface area (Å²) in [6, 6.07) is 5.28. The highest BCUT2D eigenvalue weighted by atomic mass is 35.5. The highest BCUT2D eigenvalue weighted by molar-refractivity contribution is 6.31. The minimum Gasteiger partial charge on any atom is -0.314 e. The Morgan fingerprint density at radius 1 is 1.32 bits per heavy atom. The van der Waals surface area contributed by atoms with Crippen LogP contribution in [-0.2, 0) is 6.42 Å². The van der Waals surface area contributed by atoms with Crippen molar-refractivity contribution in [1.82, 2.24) is 5.32 Å². The lowest BCUT2D eigenvalue weighted by molar-refractivity contribution is 0.269. The van der Waals surface area contributed by atoms with Crippen LogP contribution in [0.4, 0.5) is 4.39 Å². The second-order valence-electron chi connectivity index (χ2n) is 6.16. The molecule has 0 aliphatic heterocycles. The Kier molecular flexibility index (Phi) is 4.86. The molecule has 0 heterocycles. The second kappa shape index (κ2) is 6.23.